The topological polar surface area (TPSA) is 49.3 Å². The maximum absolute atomic E-state index is 13.6. The fourth-order valence-electron chi connectivity index (χ4n) is 1.93. The molecule has 2 aromatic carbocycles. The van der Waals surface area contributed by atoms with Gasteiger partial charge in [-0.1, -0.05) is 35.9 Å². The molecule has 2 aromatic rings. The quantitative estimate of drug-likeness (QED) is 0.899. The number of aliphatic hydroxyl groups excluding tert-OH is 1. The van der Waals surface area contributed by atoms with Crippen LogP contribution in [-0.2, 0) is 13.2 Å². The lowest BCUT2D eigenvalue weighted by Crippen LogP contribution is -2.24. The van der Waals surface area contributed by atoms with Gasteiger partial charge in [0.15, 0.2) is 0 Å². The van der Waals surface area contributed by atoms with Crippen LogP contribution in [0.5, 0.6) is 0 Å². The molecule has 2 rings (SSSR count). The van der Waals surface area contributed by atoms with Crippen molar-refractivity contribution in [1.82, 2.24) is 5.32 Å². The van der Waals surface area contributed by atoms with Crippen LogP contribution in [0.15, 0.2) is 42.5 Å². The number of carbonyl (C=O) groups is 1. The van der Waals surface area contributed by atoms with Crippen LogP contribution in [-0.4, -0.2) is 11.0 Å². The van der Waals surface area contributed by atoms with Gasteiger partial charge in [0.05, 0.1) is 12.2 Å². The number of rotatable bonds is 4. The highest BCUT2D eigenvalue weighted by Gasteiger charge is 2.11. The van der Waals surface area contributed by atoms with Gasteiger partial charge in [0.25, 0.3) is 5.91 Å². The molecular weight excluding hydrogens is 257 g/mol. The van der Waals surface area contributed by atoms with Crippen LogP contribution in [0.4, 0.5) is 4.39 Å². The highest BCUT2D eigenvalue weighted by molar-refractivity contribution is 5.94. The van der Waals surface area contributed by atoms with Crippen molar-refractivity contribution in [3.63, 3.8) is 0 Å². The molecule has 104 valence electrons. The monoisotopic (exact) mass is 273 g/mol. The SMILES string of the molecule is Cc1ccc(F)c(C(=O)NCc2cccc(CO)c2)c1. The molecule has 0 bridgehead atoms. The first-order valence-electron chi connectivity index (χ1n) is 6.33. The van der Waals surface area contributed by atoms with E-state index >= 15 is 0 Å². The first-order chi connectivity index (χ1) is 9.60. The van der Waals surface area contributed by atoms with Crippen molar-refractivity contribution in [2.45, 2.75) is 20.1 Å². The summed E-state index contributed by atoms with van der Waals surface area (Å²) in [5.74, 6) is -0.974. The Morgan fingerprint density at radius 1 is 1.20 bits per heavy atom. The first kappa shape index (κ1) is 14.2. The van der Waals surface area contributed by atoms with E-state index in [0.717, 1.165) is 16.7 Å². The zero-order valence-electron chi connectivity index (χ0n) is 11.2. The van der Waals surface area contributed by atoms with Gasteiger partial charge in [0, 0.05) is 6.54 Å². The van der Waals surface area contributed by atoms with E-state index < -0.39 is 11.7 Å². The molecule has 0 unspecified atom stereocenters. The van der Waals surface area contributed by atoms with E-state index in [-0.39, 0.29) is 12.2 Å². The minimum absolute atomic E-state index is 0.0447. The second-order valence-electron chi connectivity index (χ2n) is 4.64. The minimum atomic E-state index is -0.530. The summed E-state index contributed by atoms with van der Waals surface area (Å²) in [6.07, 6.45) is 0. The van der Waals surface area contributed by atoms with Crippen molar-refractivity contribution in [3.05, 3.63) is 70.5 Å². The predicted octanol–water partition coefficient (Wildman–Crippen LogP) is 2.56. The molecule has 0 saturated carbocycles. The molecule has 0 saturated heterocycles. The summed E-state index contributed by atoms with van der Waals surface area (Å²) in [5, 5.41) is 11.7. The second kappa shape index (κ2) is 6.30. The largest absolute Gasteiger partial charge is 0.392 e. The third-order valence-electron chi connectivity index (χ3n) is 2.99. The average molecular weight is 273 g/mol. The highest BCUT2D eigenvalue weighted by atomic mass is 19.1. The Morgan fingerprint density at radius 2 is 1.95 bits per heavy atom. The lowest BCUT2D eigenvalue weighted by Gasteiger charge is -2.08. The number of halogens is 1. The zero-order chi connectivity index (χ0) is 14.5. The van der Waals surface area contributed by atoms with Crippen LogP contribution < -0.4 is 5.32 Å². The summed E-state index contributed by atoms with van der Waals surface area (Å²) < 4.78 is 13.6. The van der Waals surface area contributed by atoms with Gasteiger partial charge in [0.2, 0.25) is 0 Å². The summed E-state index contributed by atoms with van der Waals surface area (Å²) in [4.78, 5) is 11.9. The van der Waals surface area contributed by atoms with E-state index in [2.05, 4.69) is 5.32 Å². The maximum atomic E-state index is 13.6. The van der Waals surface area contributed by atoms with Crippen LogP contribution in [0.1, 0.15) is 27.0 Å². The molecule has 0 radical (unpaired) electrons. The van der Waals surface area contributed by atoms with Crippen LogP contribution in [0.2, 0.25) is 0 Å². The number of nitrogens with one attached hydrogen (secondary N) is 1. The van der Waals surface area contributed by atoms with Crippen LogP contribution in [0.25, 0.3) is 0 Å². The Kier molecular flexibility index (Phi) is 4.48. The maximum Gasteiger partial charge on any atom is 0.254 e. The van der Waals surface area contributed by atoms with Gasteiger partial charge < -0.3 is 10.4 Å². The standard InChI is InChI=1S/C16H16FNO2/c1-11-5-6-15(17)14(7-11)16(20)18-9-12-3-2-4-13(8-12)10-19/h2-8,19H,9-10H2,1H3,(H,18,20). The van der Waals surface area contributed by atoms with Gasteiger partial charge in [-0.05, 0) is 30.2 Å². The van der Waals surface area contributed by atoms with Gasteiger partial charge in [-0.2, -0.15) is 0 Å². The number of benzene rings is 2. The summed E-state index contributed by atoms with van der Waals surface area (Å²) in [6.45, 7) is 2.05. The number of aliphatic hydroxyl groups is 1. The Balaban J connectivity index is 2.06. The third kappa shape index (κ3) is 3.42. The van der Waals surface area contributed by atoms with Gasteiger partial charge in [-0.25, -0.2) is 4.39 Å². The molecule has 1 amide bonds. The van der Waals surface area contributed by atoms with Crippen molar-refractivity contribution < 1.29 is 14.3 Å². The Hall–Kier alpha value is -2.20. The van der Waals surface area contributed by atoms with E-state index in [1.54, 1.807) is 31.2 Å². The van der Waals surface area contributed by atoms with Gasteiger partial charge >= 0.3 is 0 Å². The fraction of sp³-hybridized carbons (Fsp3) is 0.188. The minimum Gasteiger partial charge on any atom is -0.392 e. The average Bonchev–Trinajstić information content (AvgIpc) is 2.47. The Bertz CT molecular complexity index is 626. The van der Waals surface area contributed by atoms with Gasteiger partial charge in [-0.15, -0.1) is 0 Å². The van der Waals surface area contributed by atoms with Crippen molar-refractivity contribution in [2.75, 3.05) is 0 Å². The van der Waals surface area contributed by atoms with Crippen LogP contribution in [0.3, 0.4) is 0 Å². The number of aryl methyl sites for hydroxylation is 1. The second-order valence-corrected chi connectivity index (χ2v) is 4.64. The number of hydrogen-bond acceptors (Lipinski definition) is 2. The number of amides is 1. The Labute approximate surface area is 117 Å². The zero-order valence-corrected chi connectivity index (χ0v) is 11.2. The van der Waals surface area contributed by atoms with Crippen molar-refractivity contribution in [3.8, 4) is 0 Å². The molecule has 0 aliphatic heterocycles. The highest BCUT2D eigenvalue weighted by Crippen LogP contribution is 2.11. The van der Waals surface area contributed by atoms with Crippen molar-refractivity contribution in [1.29, 1.82) is 0 Å². The van der Waals surface area contributed by atoms with Crippen LogP contribution in [0, 0.1) is 12.7 Å². The lowest BCUT2D eigenvalue weighted by atomic mass is 10.1. The van der Waals surface area contributed by atoms with Crippen LogP contribution >= 0.6 is 0 Å². The van der Waals surface area contributed by atoms with E-state index in [0.29, 0.717) is 6.54 Å². The summed E-state index contributed by atoms with van der Waals surface area (Å²) in [7, 11) is 0. The molecule has 0 aliphatic carbocycles. The van der Waals surface area contributed by atoms with E-state index in [1.807, 2.05) is 6.07 Å². The molecule has 0 aromatic heterocycles. The van der Waals surface area contributed by atoms with Gasteiger partial charge in [0.1, 0.15) is 5.82 Å². The van der Waals surface area contributed by atoms with Crippen molar-refractivity contribution >= 4 is 5.91 Å². The smallest absolute Gasteiger partial charge is 0.254 e. The van der Waals surface area contributed by atoms with E-state index in [1.165, 1.54) is 12.1 Å². The molecule has 3 nitrogen and oxygen atoms in total. The summed E-state index contributed by atoms with van der Waals surface area (Å²) in [5.41, 5.74) is 2.51. The Morgan fingerprint density at radius 3 is 2.70 bits per heavy atom. The molecule has 0 atom stereocenters. The molecular formula is C16H16FNO2. The lowest BCUT2D eigenvalue weighted by molar-refractivity contribution is 0.0947. The predicted molar refractivity (Wildman–Crippen MR) is 74.7 cm³/mol. The molecule has 0 fully saturated rings. The molecule has 0 heterocycles. The number of carbonyl (C=O) groups excluding carboxylic acids is 1. The van der Waals surface area contributed by atoms with E-state index in [9.17, 15) is 9.18 Å². The van der Waals surface area contributed by atoms with E-state index in [4.69, 9.17) is 5.11 Å². The fourth-order valence-corrected chi connectivity index (χ4v) is 1.93. The molecule has 2 N–H and O–H groups in total. The third-order valence-corrected chi connectivity index (χ3v) is 2.99. The first-order valence-corrected chi connectivity index (χ1v) is 6.33. The molecule has 0 aliphatic rings. The van der Waals surface area contributed by atoms with Gasteiger partial charge in [-0.3, -0.25) is 4.79 Å². The number of hydrogen-bond donors (Lipinski definition) is 2. The summed E-state index contributed by atoms with van der Waals surface area (Å²) in [6, 6.07) is 11.7. The molecule has 20 heavy (non-hydrogen) atoms. The summed E-state index contributed by atoms with van der Waals surface area (Å²) >= 11 is 0. The normalized spacial score (nSPS) is 10.3. The van der Waals surface area contributed by atoms with Crippen molar-refractivity contribution in [2.24, 2.45) is 0 Å². The molecule has 4 heteroatoms. The molecule has 0 spiro atoms.